The topological polar surface area (TPSA) is 61.0 Å². The van der Waals surface area contributed by atoms with Crippen LogP contribution in [-0.2, 0) is 4.74 Å². The van der Waals surface area contributed by atoms with Gasteiger partial charge in [0.05, 0.1) is 35.3 Å². The van der Waals surface area contributed by atoms with Gasteiger partial charge in [0.2, 0.25) is 0 Å². The number of methoxy groups -OCH3 is 1. The lowest BCUT2D eigenvalue weighted by Gasteiger charge is -2.08. The highest BCUT2D eigenvalue weighted by Gasteiger charge is 2.08. The molecule has 108 valence electrons. The molecule has 4 heteroatoms. The number of allylic oxidation sites excluding steroid dienone is 5. The van der Waals surface area contributed by atoms with Crippen LogP contribution < -0.4 is 5.73 Å². The van der Waals surface area contributed by atoms with E-state index in [1.807, 2.05) is 44.2 Å². The van der Waals surface area contributed by atoms with Crippen LogP contribution in [-0.4, -0.2) is 17.1 Å². The minimum Gasteiger partial charge on any atom is -0.501 e. The molecule has 1 aromatic carbocycles. The molecule has 21 heavy (non-hydrogen) atoms. The van der Waals surface area contributed by atoms with E-state index in [1.165, 1.54) is 0 Å². The molecule has 0 saturated heterocycles. The molecule has 0 aliphatic rings. The highest BCUT2D eigenvalue weighted by molar-refractivity contribution is 5.82. The number of nitrogens with zero attached hydrogens (tertiary/aromatic N) is 2. The van der Waals surface area contributed by atoms with Gasteiger partial charge < -0.3 is 10.5 Å². The number of anilines is 1. The molecule has 2 rings (SSSR count). The van der Waals surface area contributed by atoms with Gasteiger partial charge in [-0.25, -0.2) is 9.97 Å². The zero-order chi connectivity index (χ0) is 15.4. The average Bonchev–Trinajstić information content (AvgIpc) is 2.48. The van der Waals surface area contributed by atoms with Gasteiger partial charge in [0.1, 0.15) is 0 Å². The van der Waals surface area contributed by atoms with Gasteiger partial charge in [0.15, 0.2) is 0 Å². The lowest BCUT2D eigenvalue weighted by molar-refractivity contribution is 0.294. The summed E-state index contributed by atoms with van der Waals surface area (Å²) in [6.45, 7) is 7.67. The molecular formula is C17H19N3O. The van der Waals surface area contributed by atoms with Crippen LogP contribution in [0.5, 0.6) is 0 Å². The van der Waals surface area contributed by atoms with Crippen LogP contribution in [0.4, 0.5) is 5.69 Å². The molecule has 0 amide bonds. The van der Waals surface area contributed by atoms with Crippen LogP contribution >= 0.6 is 0 Å². The molecule has 0 fully saturated rings. The number of aryl methyl sites for hydroxylation is 1. The Hall–Kier alpha value is -2.62. The first-order valence-electron chi connectivity index (χ1n) is 6.64. The smallest absolute Gasteiger partial charge is 0.0924 e. The average molecular weight is 281 g/mol. The monoisotopic (exact) mass is 281 g/mol. The summed E-state index contributed by atoms with van der Waals surface area (Å²) in [6, 6.07) is 5.52. The SMILES string of the molecule is C=C/C(=C\C=C(/C)OC)c1nc2cc(N)ccc2nc1C. The van der Waals surface area contributed by atoms with Crippen LogP contribution in [0.25, 0.3) is 16.6 Å². The van der Waals surface area contributed by atoms with E-state index in [4.69, 9.17) is 10.5 Å². The second-order valence-corrected chi connectivity index (χ2v) is 4.71. The van der Waals surface area contributed by atoms with Gasteiger partial charge >= 0.3 is 0 Å². The maximum Gasteiger partial charge on any atom is 0.0924 e. The third-order valence-electron chi connectivity index (χ3n) is 3.18. The number of ether oxygens (including phenoxy) is 1. The third kappa shape index (κ3) is 3.28. The standard InChI is InChI=1S/C17H19N3O/c1-5-13(7-6-11(2)21-4)17-12(3)19-15-9-8-14(18)10-16(15)20-17/h5-10H,1,18H2,2-4H3/b11-6+,13-7+. The van der Waals surface area contributed by atoms with E-state index in [0.717, 1.165) is 33.8 Å². The molecule has 1 aromatic heterocycles. The third-order valence-corrected chi connectivity index (χ3v) is 3.18. The van der Waals surface area contributed by atoms with Gasteiger partial charge in [0, 0.05) is 11.3 Å². The van der Waals surface area contributed by atoms with Gasteiger partial charge in [0.25, 0.3) is 0 Å². The fraction of sp³-hybridized carbons (Fsp3) is 0.176. The first-order chi connectivity index (χ1) is 10.0. The van der Waals surface area contributed by atoms with E-state index >= 15 is 0 Å². The summed E-state index contributed by atoms with van der Waals surface area (Å²) in [6.07, 6.45) is 5.55. The second-order valence-electron chi connectivity index (χ2n) is 4.71. The summed E-state index contributed by atoms with van der Waals surface area (Å²) in [7, 11) is 1.64. The van der Waals surface area contributed by atoms with Crippen LogP contribution in [0, 0.1) is 6.92 Å². The largest absolute Gasteiger partial charge is 0.501 e. The van der Waals surface area contributed by atoms with Gasteiger partial charge in [-0.3, -0.25) is 0 Å². The maximum absolute atomic E-state index is 5.81. The summed E-state index contributed by atoms with van der Waals surface area (Å²) < 4.78 is 5.13. The Balaban J connectivity index is 2.58. The minimum atomic E-state index is 0.672. The number of rotatable bonds is 4. The van der Waals surface area contributed by atoms with E-state index < -0.39 is 0 Å². The van der Waals surface area contributed by atoms with Crippen LogP contribution in [0.15, 0.2) is 48.8 Å². The molecule has 0 atom stereocenters. The molecule has 0 spiro atoms. The molecule has 0 unspecified atom stereocenters. The lowest BCUT2D eigenvalue weighted by atomic mass is 10.1. The normalized spacial score (nSPS) is 12.5. The molecular weight excluding hydrogens is 262 g/mol. The van der Waals surface area contributed by atoms with E-state index in [1.54, 1.807) is 13.2 Å². The molecule has 0 saturated carbocycles. The molecule has 2 aromatic rings. The first kappa shape index (κ1) is 14.8. The number of nitrogens with two attached hydrogens (primary N) is 1. The zero-order valence-corrected chi connectivity index (χ0v) is 12.6. The Kier molecular flexibility index (Phi) is 4.38. The van der Waals surface area contributed by atoms with Crippen LogP contribution in [0.2, 0.25) is 0 Å². The maximum atomic E-state index is 5.81. The van der Waals surface area contributed by atoms with Crippen molar-refractivity contribution in [2.45, 2.75) is 13.8 Å². The Morgan fingerprint density at radius 2 is 2.00 bits per heavy atom. The number of hydrogen-bond donors (Lipinski definition) is 1. The van der Waals surface area contributed by atoms with Crippen molar-refractivity contribution in [3.63, 3.8) is 0 Å². The van der Waals surface area contributed by atoms with Gasteiger partial charge in [-0.2, -0.15) is 0 Å². The Bertz CT molecular complexity index is 745. The second kappa shape index (κ2) is 6.22. The van der Waals surface area contributed by atoms with E-state index in [0.29, 0.717) is 5.69 Å². The van der Waals surface area contributed by atoms with Crippen molar-refractivity contribution in [1.29, 1.82) is 0 Å². The van der Waals surface area contributed by atoms with Crippen molar-refractivity contribution in [2.75, 3.05) is 12.8 Å². The van der Waals surface area contributed by atoms with E-state index in [2.05, 4.69) is 16.5 Å². The summed E-state index contributed by atoms with van der Waals surface area (Å²) in [4.78, 5) is 9.23. The minimum absolute atomic E-state index is 0.672. The first-order valence-corrected chi connectivity index (χ1v) is 6.64. The van der Waals surface area contributed by atoms with Crippen molar-refractivity contribution in [3.8, 4) is 0 Å². The zero-order valence-electron chi connectivity index (χ0n) is 12.6. The number of aromatic nitrogens is 2. The number of nitrogen functional groups attached to an aromatic ring is 1. The van der Waals surface area contributed by atoms with Crippen molar-refractivity contribution < 1.29 is 4.74 Å². The summed E-state index contributed by atoms with van der Waals surface area (Å²) in [5.41, 5.74) is 10.6. The molecule has 0 radical (unpaired) electrons. The molecule has 0 aliphatic heterocycles. The van der Waals surface area contributed by atoms with Gasteiger partial charge in [-0.05, 0) is 44.2 Å². The van der Waals surface area contributed by atoms with Gasteiger partial charge in [-0.15, -0.1) is 0 Å². The molecule has 1 heterocycles. The Morgan fingerprint density at radius 3 is 2.67 bits per heavy atom. The van der Waals surface area contributed by atoms with Crippen molar-refractivity contribution in [2.24, 2.45) is 0 Å². The molecule has 4 nitrogen and oxygen atoms in total. The number of benzene rings is 1. The van der Waals surface area contributed by atoms with Crippen molar-refractivity contribution >= 4 is 22.3 Å². The Labute approximate surface area is 124 Å². The summed E-state index contributed by atoms with van der Waals surface area (Å²) in [5, 5.41) is 0. The number of fused-ring (bicyclic) bond motifs is 1. The van der Waals surface area contributed by atoms with Crippen LogP contribution in [0.1, 0.15) is 18.3 Å². The fourth-order valence-electron chi connectivity index (χ4n) is 1.95. The number of hydrogen-bond acceptors (Lipinski definition) is 4. The summed E-state index contributed by atoms with van der Waals surface area (Å²) >= 11 is 0. The predicted octanol–water partition coefficient (Wildman–Crippen LogP) is 3.64. The molecule has 2 N–H and O–H groups in total. The molecule has 0 aliphatic carbocycles. The fourth-order valence-corrected chi connectivity index (χ4v) is 1.95. The predicted molar refractivity (Wildman–Crippen MR) is 87.6 cm³/mol. The van der Waals surface area contributed by atoms with Crippen molar-refractivity contribution in [3.05, 3.63) is 60.2 Å². The van der Waals surface area contributed by atoms with E-state index in [9.17, 15) is 0 Å². The lowest BCUT2D eigenvalue weighted by Crippen LogP contribution is -1.98. The van der Waals surface area contributed by atoms with Crippen LogP contribution in [0.3, 0.4) is 0 Å². The highest BCUT2D eigenvalue weighted by atomic mass is 16.5. The van der Waals surface area contributed by atoms with Gasteiger partial charge in [-0.1, -0.05) is 12.7 Å². The van der Waals surface area contributed by atoms with E-state index in [-0.39, 0.29) is 0 Å². The molecule has 0 bridgehead atoms. The Morgan fingerprint density at radius 1 is 1.24 bits per heavy atom. The highest BCUT2D eigenvalue weighted by Crippen LogP contribution is 2.21. The summed E-state index contributed by atoms with van der Waals surface area (Å²) in [5.74, 6) is 0.810. The van der Waals surface area contributed by atoms with Crippen molar-refractivity contribution in [1.82, 2.24) is 9.97 Å². The quantitative estimate of drug-likeness (QED) is 0.528.